The Balaban J connectivity index is 2.50. The van der Waals surface area contributed by atoms with E-state index in [1.807, 2.05) is 18.2 Å². The first-order valence-corrected chi connectivity index (χ1v) is 5.46. The zero-order valence-corrected chi connectivity index (χ0v) is 9.54. The van der Waals surface area contributed by atoms with Gasteiger partial charge in [0.05, 0.1) is 5.97 Å². The van der Waals surface area contributed by atoms with E-state index in [2.05, 4.69) is 10.0 Å². The summed E-state index contributed by atoms with van der Waals surface area (Å²) >= 11 is 0. The predicted molar refractivity (Wildman–Crippen MR) is 66.0 cm³/mol. The van der Waals surface area contributed by atoms with Crippen molar-refractivity contribution in [2.45, 2.75) is 6.42 Å². The standard InChI is InChI=1S/C13H11N3O2/c14-16-15-6-5-9-7-10-3-1-2-4-11(10)12(8-9)13(17)18/h1-4,7-8H,5-6H2,(H,17,18)/p-1. The van der Waals surface area contributed by atoms with Crippen LogP contribution in [-0.2, 0) is 6.42 Å². The van der Waals surface area contributed by atoms with Crippen molar-refractivity contribution in [2.24, 2.45) is 5.11 Å². The third-order valence-electron chi connectivity index (χ3n) is 2.71. The van der Waals surface area contributed by atoms with E-state index in [4.69, 9.17) is 5.53 Å². The van der Waals surface area contributed by atoms with E-state index in [9.17, 15) is 9.90 Å². The molecular weight excluding hydrogens is 230 g/mol. The fraction of sp³-hybridized carbons (Fsp3) is 0.154. The summed E-state index contributed by atoms with van der Waals surface area (Å²) in [5, 5.41) is 16.0. The molecule has 0 heterocycles. The number of azide groups is 1. The Morgan fingerprint density at radius 3 is 2.83 bits per heavy atom. The first kappa shape index (κ1) is 12.0. The van der Waals surface area contributed by atoms with Crippen molar-refractivity contribution in [1.29, 1.82) is 0 Å². The van der Waals surface area contributed by atoms with Crippen molar-refractivity contribution in [3.05, 3.63) is 58.0 Å². The van der Waals surface area contributed by atoms with E-state index in [1.165, 1.54) is 0 Å². The molecule has 0 radical (unpaired) electrons. The zero-order valence-electron chi connectivity index (χ0n) is 9.54. The van der Waals surface area contributed by atoms with Crippen LogP contribution in [0.5, 0.6) is 0 Å². The van der Waals surface area contributed by atoms with Crippen LogP contribution in [0.3, 0.4) is 0 Å². The molecule has 0 aliphatic heterocycles. The van der Waals surface area contributed by atoms with Gasteiger partial charge in [0.1, 0.15) is 0 Å². The molecule has 2 aromatic rings. The summed E-state index contributed by atoms with van der Waals surface area (Å²) in [5.41, 5.74) is 9.20. The molecule has 5 heteroatoms. The Bertz CT molecular complexity index is 646. The molecule has 0 saturated heterocycles. The average molecular weight is 240 g/mol. The smallest absolute Gasteiger partial charge is 0.0721 e. The van der Waals surface area contributed by atoms with Crippen LogP contribution in [0.1, 0.15) is 15.9 Å². The lowest BCUT2D eigenvalue weighted by atomic mass is 9.99. The maximum atomic E-state index is 11.1. The molecular formula is C13H10N3O2-. The molecule has 0 atom stereocenters. The van der Waals surface area contributed by atoms with Crippen molar-refractivity contribution in [3.8, 4) is 0 Å². The summed E-state index contributed by atoms with van der Waals surface area (Å²) in [6.45, 7) is 0.307. The predicted octanol–water partition coefficient (Wildman–Crippen LogP) is 2.06. The van der Waals surface area contributed by atoms with Crippen molar-refractivity contribution < 1.29 is 9.90 Å². The topological polar surface area (TPSA) is 88.9 Å². The minimum Gasteiger partial charge on any atom is -0.545 e. The number of fused-ring (bicyclic) bond motifs is 1. The number of carbonyl (C=O) groups excluding carboxylic acids is 1. The average Bonchev–Trinajstić information content (AvgIpc) is 2.38. The molecule has 0 aliphatic rings. The van der Waals surface area contributed by atoms with E-state index in [0.717, 1.165) is 10.9 Å². The molecule has 0 aromatic heterocycles. The van der Waals surface area contributed by atoms with E-state index >= 15 is 0 Å². The summed E-state index contributed by atoms with van der Waals surface area (Å²) in [6, 6.07) is 10.7. The zero-order chi connectivity index (χ0) is 13.0. The van der Waals surface area contributed by atoms with Gasteiger partial charge in [0.25, 0.3) is 0 Å². The second kappa shape index (κ2) is 5.21. The summed E-state index contributed by atoms with van der Waals surface area (Å²) in [6.07, 6.45) is 0.509. The Labute approximate surface area is 103 Å². The van der Waals surface area contributed by atoms with Crippen LogP contribution in [0.15, 0.2) is 41.5 Å². The van der Waals surface area contributed by atoms with Crippen molar-refractivity contribution >= 4 is 16.7 Å². The van der Waals surface area contributed by atoms with Crippen LogP contribution < -0.4 is 5.11 Å². The largest absolute Gasteiger partial charge is 0.545 e. The molecule has 90 valence electrons. The van der Waals surface area contributed by atoms with E-state index in [-0.39, 0.29) is 5.56 Å². The van der Waals surface area contributed by atoms with E-state index in [0.29, 0.717) is 18.4 Å². The third-order valence-corrected chi connectivity index (χ3v) is 2.71. The lowest BCUT2D eigenvalue weighted by molar-refractivity contribution is -0.254. The summed E-state index contributed by atoms with van der Waals surface area (Å²) in [5.74, 6) is -1.20. The maximum absolute atomic E-state index is 11.1. The number of nitrogens with zero attached hydrogens (tertiary/aromatic N) is 3. The Hall–Kier alpha value is -2.52. The first-order valence-electron chi connectivity index (χ1n) is 5.46. The van der Waals surface area contributed by atoms with Crippen LogP contribution in [0.2, 0.25) is 0 Å². The molecule has 0 bridgehead atoms. The van der Waals surface area contributed by atoms with Crippen molar-refractivity contribution in [1.82, 2.24) is 0 Å². The van der Waals surface area contributed by atoms with Gasteiger partial charge < -0.3 is 9.90 Å². The molecule has 0 aliphatic carbocycles. The quantitative estimate of drug-likeness (QED) is 0.465. The molecule has 2 aromatic carbocycles. The second-order valence-electron chi connectivity index (χ2n) is 3.86. The number of aromatic carboxylic acids is 1. The summed E-state index contributed by atoms with van der Waals surface area (Å²) in [7, 11) is 0. The normalized spacial score (nSPS) is 10.0. The van der Waals surface area contributed by atoms with E-state index in [1.54, 1.807) is 18.2 Å². The Morgan fingerprint density at radius 2 is 2.11 bits per heavy atom. The van der Waals surface area contributed by atoms with Crippen molar-refractivity contribution in [2.75, 3.05) is 6.54 Å². The van der Waals surface area contributed by atoms with Crippen LogP contribution in [0, 0.1) is 0 Å². The number of hydrogen-bond acceptors (Lipinski definition) is 3. The van der Waals surface area contributed by atoms with Gasteiger partial charge >= 0.3 is 0 Å². The molecule has 0 saturated carbocycles. The number of benzene rings is 2. The second-order valence-corrected chi connectivity index (χ2v) is 3.86. The van der Waals surface area contributed by atoms with Crippen molar-refractivity contribution in [3.63, 3.8) is 0 Å². The lowest BCUT2D eigenvalue weighted by Gasteiger charge is -2.10. The fourth-order valence-corrected chi connectivity index (χ4v) is 1.91. The van der Waals surface area contributed by atoms with Gasteiger partial charge in [0.2, 0.25) is 0 Å². The Morgan fingerprint density at radius 1 is 1.33 bits per heavy atom. The SMILES string of the molecule is [N-]=[N+]=NCCc1cc(C(=O)[O-])c2ccccc2c1. The highest BCUT2D eigenvalue weighted by Gasteiger charge is 2.04. The van der Waals surface area contributed by atoms with Gasteiger partial charge in [-0.2, -0.15) is 0 Å². The van der Waals surface area contributed by atoms with Gasteiger partial charge in [-0.3, -0.25) is 0 Å². The minimum atomic E-state index is -1.20. The maximum Gasteiger partial charge on any atom is 0.0721 e. The van der Waals surface area contributed by atoms with Crippen LogP contribution in [-0.4, -0.2) is 12.5 Å². The highest BCUT2D eigenvalue weighted by molar-refractivity contribution is 6.03. The van der Waals surface area contributed by atoms with Crippen LogP contribution >= 0.6 is 0 Å². The minimum absolute atomic E-state index is 0.170. The third kappa shape index (κ3) is 2.42. The molecule has 0 spiro atoms. The number of hydrogen-bond donors (Lipinski definition) is 0. The van der Waals surface area contributed by atoms with Crippen LogP contribution in [0.25, 0.3) is 21.2 Å². The molecule has 0 amide bonds. The Kier molecular flexibility index (Phi) is 3.46. The van der Waals surface area contributed by atoms with Gasteiger partial charge in [-0.15, -0.1) is 0 Å². The monoisotopic (exact) mass is 240 g/mol. The molecule has 2 rings (SSSR count). The summed E-state index contributed by atoms with van der Waals surface area (Å²) < 4.78 is 0. The highest BCUT2D eigenvalue weighted by atomic mass is 16.4. The van der Waals surface area contributed by atoms with Gasteiger partial charge in [-0.05, 0) is 34.4 Å². The highest BCUT2D eigenvalue weighted by Crippen LogP contribution is 2.21. The number of carbonyl (C=O) groups is 1. The van der Waals surface area contributed by atoms with Gasteiger partial charge in [-0.25, -0.2) is 0 Å². The fourth-order valence-electron chi connectivity index (χ4n) is 1.91. The van der Waals surface area contributed by atoms with Gasteiger partial charge in [0.15, 0.2) is 0 Å². The van der Waals surface area contributed by atoms with E-state index < -0.39 is 5.97 Å². The number of carboxylic acid groups (broad SMARTS) is 1. The van der Waals surface area contributed by atoms with Gasteiger partial charge in [-0.1, -0.05) is 35.4 Å². The summed E-state index contributed by atoms with van der Waals surface area (Å²) in [4.78, 5) is 13.8. The number of carboxylic acids is 1. The number of rotatable bonds is 4. The molecule has 0 N–H and O–H groups in total. The molecule has 0 fully saturated rings. The van der Waals surface area contributed by atoms with Gasteiger partial charge in [0, 0.05) is 17.0 Å². The lowest BCUT2D eigenvalue weighted by Crippen LogP contribution is -2.22. The molecule has 0 unspecified atom stereocenters. The van der Waals surface area contributed by atoms with Crippen LogP contribution in [0.4, 0.5) is 0 Å². The molecule has 18 heavy (non-hydrogen) atoms. The molecule has 5 nitrogen and oxygen atoms in total. The first-order chi connectivity index (χ1) is 8.72.